The van der Waals surface area contributed by atoms with Crippen LogP contribution in [-0.2, 0) is 29.5 Å². The number of nitrogens with two attached hydrogens (primary N) is 1. The van der Waals surface area contributed by atoms with Crippen LogP contribution in [0.1, 0.15) is 85.5 Å². The number of imidazole rings is 1. The second kappa shape index (κ2) is 9.45. The number of phenols is 1. The van der Waals surface area contributed by atoms with E-state index in [9.17, 15) is 9.90 Å². The van der Waals surface area contributed by atoms with Crippen LogP contribution in [0.5, 0.6) is 5.75 Å². The van der Waals surface area contributed by atoms with Gasteiger partial charge in [-0.25, -0.2) is 4.98 Å². The van der Waals surface area contributed by atoms with Crippen LogP contribution in [0.25, 0.3) is 33.3 Å². The monoisotopic (exact) mass is 546 g/mol. The second-order valence-corrected chi connectivity index (χ2v) is 12.7. The summed E-state index contributed by atoms with van der Waals surface area (Å²) in [5, 5.41) is 10.5. The van der Waals surface area contributed by atoms with Crippen molar-refractivity contribution >= 4 is 16.9 Å². The van der Waals surface area contributed by atoms with Gasteiger partial charge in [-0.2, -0.15) is 0 Å². The van der Waals surface area contributed by atoms with E-state index in [1.807, 2.05) is 11.0 Å². The molecule has 3 aliphatic carbocycles. The van der Waals surface area contributed by atoms with E-state index in [0.29, 0.717) is 5.75 Å². The summed E-state index contributed by atoms with van der Waals surface area (Å²) in [6.45, 7) is 0.782. The topological polar surface area (TPSA) is 95.2 Å². The van der Waals surface area contributed by atoms with Crippen LogP contribution >= 0.6 is 0 Å². The molecule has 8 rings (SSSR count). The molecule has 1 amide bonds. The highest BCUT2D eigenvalue weighted by atomic mass is 16.3. The normalized spacial score (nSPS) is 20.8. The van der Waals surface area contributed by atoms with E-state index < -0.39 is 0 Å². The van der Waals surface area contributed by atoms with E-state index in [-0.39, 0.29) is 23.9 Å². The smallest absolute Gasteiger partial charge is 0.236 e. The molecule has 210 valence electrons. The molecular formula is C35H38N4O2. The molecule has 1 atom stereocenters. The number of aromatic amines is 1. The van der Waals surface area contributed by atoms with E-state index in [4.69, 9.17) is 10.7 Å². The van der Waals surface area contributed by atoms with Crippen molar-refractivity contribution < 1.29 is 9.90 Å². The zero-order chi connectivity index (χ0) is 27.7. The van der Waals surface area contributed by atoms with Crippen LogP contribution in [-0.4, -0.2) is 39.0 Å². The minimum absolute atomic E-state index is 0.00886. The lowest BCUT2D eigenvalue weighted by atomic mass is 9.76. The molecule has 2 fully saturated rings. The van der Waals surface area contributed by atoms with Crippen LogP contribution < -0.4 is 5.73 Å². The SMILES string of the molecule is NCC(=O)N1CCCC1c1nc2ccc(-c3ccc(-c4ccc(O)c5c4CCC5)c4c3C3(CCCC3)CC4)cc2[nH]1. The van der Waals surface area contributed by atoms with Crippen molar-refractivity contribution in [2.45, 2.75) is 82.1 Å². The molecule has 0 radical (unpaired) electrons. The predicted octanol–water partition coefficient (Wildman–Crippen LogP) is 6.47. The number of rotatable bonds is 4. The van der Waals surface area contributed by atoms with Gasteiger partial charge in [-0.3, -0.25) is 4.79 Å². The Labute approximate surface area is 241 Å². The van der Waals surface area contributed by atoms with Gasteiger partial charge in [0.2, 0.25) is 5.91 Å². The Balaban J connectivity index is 1.25. The quantitative estimate of drug-likeness (QED) is 0.273. The van der Waals surface area contributed by atoms with Crippen molar-refractivity contribution in [3.63, 3.8) is 0 Å². The molecule has 1 unspecified atom stereocenters. The third-order valence-electron chi connectivity index (χ3n) is 10.7. The molecule has 41 heavy (non-hydrogen) atoms. The first-order valence-electron chi connectivity index (χ1n) is 15.6. The summed E-state index contributed by atoms with van der Waals surface area (Å²) in [7, 11) is 0. The number of nitrogens with one attached hydrogen (secondary N) is 1. The summed E-state index contributed by atoms with van der Waals surface area (Å²) in [5.74, 6) is 1.32. The Morgan fingerprint density at radius 2 is 1.71 bits per heavy atom. The molecule has 6 heteroatoms. The first-order chi connectivity index (χ1) is 20.1. The molecule has 1 spiro atoms. The van der Waals surface area contributed by atoms with Crippen LogP contribution in [0.2, 0.25) is 0 Å². The summed E-state index contributed by atoms with van der Waals surface area (Å²) >= 11 is 0. The number of amides is 1. The first kappa shape index (κ1) is 25.1. The average molecular weight is 547 g/mol. The largest absolute Gasteiger partial charge is 0.508 e. The van der Waals surface area contributed by atoms with Gasteiger partial charge in [0.05, 0.1) is 23.6 Å². The first-order valence-corrected chi connectivity index (χ1v) is 15.6. The number of hydrogen-bond acceptors (Lipinski definition) is 4. The van der Waals surface area contributed by atoms with Gasteiger partial charge in [0.1, 0.15) is 11.6 Å². The van der Waals surface area contributed by atoms with Crippen LogP contribution in [0.4, 0.5) is 0 Å². The standard InChI is InChI=1S/C35H38N4O2/c36-20-32(41)39-18-4-7-30(39)34-37-28-12-8-21(19-29(28)38-34)22-9-10-25(24-11-13-31(40)26-6-3-5-23(24)26)27-14-17-35(33(22)27)15-1-2-16-35/h8-13,19,30,40H,1-7,14-18,20,36H2,(H,37,38). The maximum atomic E-state index is 12.4. The number of hydrogen-bond donors (Lipinski definition) is 3. The number of phenolic OH excluding ortho intramolecular Hbond substituents is 1. The van der Waals surface area contributed by atoms with Gasteiger partial charge in [-0.05, 0) is 126 Å². The number of benzene rings is 3. The van der Waals surface area contributed by atoms with Crippen molar-refractivity contribution in [2.75, 3.05) is 13.1 Å². The Hall–Kier alpha value is -3.64. The molecule has 1 aliphatic heterocycles. The third-order valence-corrected chi connectivity index (χ3v) is 10.7. The fourth-order valence-corrected chi connectivity index (χ4v) is 8.81. The molecule has 6 nitrogen and oxygen atoms in total. The fourth-order valence-electron chi connectivity index (χ4n) is 8.81. The summed E-state index contributed by atoms with van der Waals surface area (Å²) in [5.41, 5.74) is 18.8. The molecular weight excluding hydrogens is 508 g/mol. The number of nitrogens with zero attached hydrogens (tertiary/aromatic N) is 2. The Morgan fingerprint density at radius 1 is 0.927 bits per heavy atom. The minimum atomic E-state index is -0.0285. The van der Waals surface area contributed by atoms with Gasteiger partial charge >= 0.3 is 0 Å². The molecule has 4 aromatic rings. The third kappa shape index (κ3) is 3.79. The van der Waals surface area contributed by atoms with Crippen LogP contribution in [0.15, 0.2) is 42.5 Å². The lowest BCUT2D eigenvalue weighted by Crippen LogP contribution is -2.35. The van der Waals surface area contributed by atoms with Gasteiger partial charge in [0.15, 0.2) is 0 Å². The van der Waals surface area contributed by atoms with Gasteiger partial charge < -0.3 is 20.7 Å². The number of carbonyl (C=O) groups excluding carboxylic acids is 1. The van der Waals surface area contributed by atoms with Crippen LogP contribution in [0, 0.1) is 0 Å². The highest BCUT2D eigenvalue weighted by molar-refractivity contribution is 5.87. The summed E-state index contributed by atoms with van der Waals surface area (Å²) in [4.78, 5) is 22.8. The van der Waals surface area contributed by atoms with E-state index in [0.717, 1.165) is 67.5 Å². The van der Waals surface area contributed by atoms with Crippen molar-refractivity contribution in [3.05, 3.63) is 70.5 Å². The average Bonchev–Trinajstić information content (AvgIpc) is 3.82. The van der Waals surface area contributed by atoms with Crippen molar-refractivity contribution in [3.8, 4) is 28.0 Å². The van der Waals surface area contributed by atoms with Crippen molar-refractivity contribution in [2.24, 2.45) is 5.73 Å². The zero-order valence-electron chi connectivity index (χ0n) is 23.6. The second-order valence-electron chi connectivity index (χ2n) is 12.7. The lowest BCUT2D eigenvalue weighted by Gasteiger charge is -2.28. The van der Waals surface area contributed by atoms with E-state index >= 15 is 0 Å². The highest BCUT2D eigenvalue weighted by Crippen LogP contribution is 2.56. The Bertz CT molecular complexity index is 1700. The van der Waals surface area contributed by atoms with Gasteiger partial charge in [0.25, 0.3) is 0 Å². The van der Waals surface area contributed by atoms with Gasteiger partial charge in [-0.15, -0.1) is 0 Å². The maximum Gasteiger partial charge on any atom is 0.236 e. The fraction of sp³-hybridized carbons (Fsp3) is 0.429. The minimum Gasteiger partial charge on any atom is -0.508 e. The summed E-state index contributed by atoms with van der Waals surface area (Å²) < 4.78 is 0. The molecule has 1 saturated heterocycles. The number of likely N-dealkylation sites (tertiary alicyclic amines) is 1. The number of aromatic nitrogens is 2. The Kier molecular flexibility index (Phi) is 5.79. The molecule has 0 bridgehead atoms. The molecule has 3 aromatic carbocycles. The number of H-pyrrole nitrogens is 1. The summed E-state index contributed by atoms with van der Waals surface area (Å²) in [6, 6.07) is 15.4. The predicted molar refractivity (Wildman–Crippen MR) is 162 cm³/mol. The van der Waals surface area contributed by atoms with Crippen LogP contribution in [0.3, 0.4) is 0 Å². The van der Waals surface area contributed by atoms with Gasteiger partial charge in [-0.1, -0.05) is 37.1 Å². The van der Waals surface area contributed by atoms with Crippen molar-refractivity contribution in [1.29, 1.82) is 0 Å². The summed E-state index contributed by atoms with van der Waals surface area (Å²) in [6.07, 6.45) is 12.5. The lowest BCUT2D eigenvalue weighted by molar-refractivity contribution is -0.130. The van der Waals surface area contributed by atoms with E-state index in [2.05, 4.69) is 41.4 Å². The molecule has 4 aliphatic rings. The molecule has 4 N–H and O–H groups in total. The Morgan fingerprint density at radius 3 is 2.56 bits per heavy atom. The van der Waals surface area contributed by atoms with E-state index in [1.54, 1.807) is 5.56 Å². The number of aromatic hydroxyl groups is 1. The number of carbonyl (C=O) groups is 1. The highest BCUT2D eigenvalue weighted by Gasteiger charge is 2.44. The zero-order valence-corrected chi connectivity index (χ0v) is 23.6. The number of fused-ring (bicyclic) bond motifs is 4. The van der Waals surface area contributed by atoms with E-state index in [1.165, 1.54) is 65.5 Å². The molecule has 2 heterocycles. The molecule has 1 saturated carbocycles. The molecule has 1 aromatic heterocycles. The van der Waals surface area contributed by atoms with Gasteiger partial charge in [0, 0.05) is 6.54 Å². The van der Waals surface area contributed by atoms with Crippen molar-refractivity contribution in [1.82, 2.24) is 14.9 Å². The maximum absolute atomic E-state index is 12.4.